The number of hydrogen-bond donors (Lipinski definition) is 2. The zero-order chi connectivity index (χ0) is 10.7. The first-order valence-electron chi connectivity index (χ1n) is 5.08. The molecule has 1 aliphatic rings. The van der Waals surface area contributed by atoms with Crippen LogP contribution < -0.4 is 10.6 Å². The molecule has 1 fully saturated rings. The number of anilines is 1. The molecule has 0 radical (unpaired) electrons. The largest absolute Gasteiger partial charge is 0.322 e. The van der Waals surface area contributed by atoms with Gasteiger partial charge >= 0.3 is 0 Å². The van der Waals surface area contributed by atoms with Crippen LogP contribution in [0.3, 0.4) is 0 Å². The molecule has 0 bridgehead atoms. The number of amides is 1. The van der Waals surface area contributed by atoms with Gasteiger partial charge in [0.05, 0.1) is 24.1 Å². The van der Waals surface area contributed by atoms with E-state index in [1.54, 1.807) is 12.4 Å². The van der Waals surface area contributed by atoms with Crippen LogP contribution in [0.5, 0.6) is 0 Å². The van der Waals surface area contributed by atoms with E-state index in [1.165, 1.54) is 0 Å². The third-order valence-electron chi connectivity index (χ3n) is 2.43. The van der Waals surface area contributed by atoms with E-state index in [0.717, 1.165) is 19.4 Å². The maximum atomic E-state index is 11.7. The van der Waals surface area contributed by atoms with E-state index in [1.807, 2.05) is 6.92 Å². The van der Waals surface area contributed by atoms with Gasteiger partial charge < -0.3 is 10.6 Å². The molecule has 1 aliphatic heterocycles. The summed E-state index contributed by atoms with van der Waals surface area (Å²) in [6.45, 7) is 2.73. The summed E-state index contributed by atoms with van der Waals surface area (Å²) in [7, 11) is 0. The van der Waals surface area contributed by atoms with Crippen molar-refractivity contribution in [2.45, 2.75) is 25.8 Å². The second-order valence-corrected chi connectivity index (χ2v) is 3.66. The molecule has 2 heterocycles. The molecule has 1 saturated heterocycles. The minimum atomic E-state index is -0.0636. The standard InChI is InChI=1S/C10H14N4O/c1-7-12-5-8(6-13-7)14-10(15)9-3-2-4-11-9/h5-6,9,11H,2-4H2,1H3,(H,14,15)/t9-/m0/s1. The smallest absolute Gasteiger partial charge is 0.241 e. The topological polar surface area (TPSA) is 66.9 Å². The van der Waals surface area contributed by atoms with Crippen molar-refractivity contribution in [3.05, 3.63) is 18.2 Å². The highest BCUT2D eigenvalue weighted by Gasteiger charge is 2.21. The highest BCUT2D eigenvalue weighted by molar-refractivity contribution is 5.94. The van der Waals surface area contributed by atoms with Crippen LogP contribution in [0.4, 0.5) is 5.69 Å². The molecule has 1 atom stereocenters. The summed E-state index contributed by atoms with van der Waals surface area (Å²) in [4.78, 5) is 19.7. The Morgan fingerprint density at radius 3 is 2.87 bits per heavy atom. The van der Waals surface area contributed by atoms with Crippen molar-refractivity contribution in [3.63, 3.8) is 0 Å². The van der Waals surface area contributed by atoms with Crippen LogP contribution in [-0.2, 0) is 4.79 Å². The van der Waals surface area contributed by atoms with Gasteiger partial charge in [-0.2, -0.15) is 0 Å². The number of carbonyl (C=O) groups excluding carboxylic acids is 1. The summed E-state index contributed by atoms with van der Waals surface area (Å²) >= 11 is 0. The number of aryl methyl sites for hydroxylation is 1. The zero-order valence-corrected chi connectivity index (χ0v) is 8.66. The van der Waals surface area contributed by atoms with Crippen molar-refractivity contribution < 1.29 is 4.79 Å². The van der Waals surface area contributed by atoms with Crippen LogP contribution in [0.15, 0.2) is 12.4 Å². The van der Waals surface area contributed by atoms with Crippen molar-refractivity contribution in [1.29, 1.82) is 0 Å². The highest BCUT2D eigenvalue weighted by atomic mass is 16.2. The minimum Gasteiger partial charge on any atom is -0.322 e. The summed E-state index contributed by atoms with van der Waals surface area (Å²) < 4.78 is 0. The fourth-order valence-electron chi connectivity index (χ4n) is 1.59. The van der Waals surface area contributed by atoms with E-state index in [2.05, 4.69) is 20.6 Å². The first-order chi connectivity index (χ1) is 7.25. The van der Waals surface area contributed by atoms with E-state index in [9.17, 15) is 4.79 Å². The quantitative estimate of drug-likeness (QED) is 0.738. The molecular formula is C10H14N4O. The van der Waals surface area contributed by atoms with Gasteiger partial charge in [-0.3, -0.25) is 4.79 Å². The Bertz CT molecular complexity index is 343. The van der Waals surface area contributed by atoms with Crippen LogP contribution in [-0.4, -0.2) is 28.5 Å². The van der Waals surface area contributed by atoms with E-state index >= 15 is 0 Å². The number of rotatable bonds is 2. The SMILES string of the molecule is Cc1ncc(NC(=O)[C@@H]2CCCN2)cn1. The number of aromatic nitrogens is 2. The van der Waals surface area contributed by atoms with Gasteiger partial charge in [-0.25, -0.2) is 9.97 Å². The molecule has 80 valence electrons. The minimum absolute atomic E-state index is 0.0000435. The molecule has 5 nitrogen and oxygen atoms in total. The molecule has 0 spiro atoms. The van der Waals surface area contributed by atoms with Gasteiger partial charge in [0.25, 0.3) is 0 Å². The molecule has 0 aliphatic carbocycles. The van der Waals surface area contributed by atoms with Crippen molar-refractivity contribution in [2.24, 2.45) is 0 Å². The second kappa shape index (κ2) is 4.35. The second-order valence-electron chi connectivity index (χ2n) is 3.66. The molecular weight excluding hydrogens is 192 g/mol. The Hall–Kier alpha value is -1.49. The maximum Gasteiger partial charge on any atom is 0.241 e. The van der Waals surface area contributed by atoms with Gasteiger partial charge in [0.15, 0.2) is 0 Å². The monoisotopic (exact) mass is 206 g/mol. The molecule has 1 aromatic heterocycles. The van der Waals surface area contributed by atoms with Crippen molar-refractivity contribution >= 4 is 11.6 Å². The number of carbonyl (C=O) groups is 1. The summed E-state index contributed by atoms with van der Waals surface area (Å²) in [5.41, 5.74) is 0.652. The van der Waals surface area contributed by atoms with Gasteiger partial charge in [-0.15, -0.1) is 0 Å². The molecule has 0 unspecified atom stereocenters. The van der Waals surface area contributed by atoms with E-state index < -0.39 is 0 Å². The van der Waals surface area contributed by atoms with E-state index in [0.29, 0.717) is 11.5 Å². The molecule has 0 saturated carbocycles. The fraction of sp³-hybridized carbons (Fsp3) is 0.500. The summed E-state index contributed by atoms with van der Waals surface area (Å²) in [6.07, 6.45) is 5.20. The van der Waals surface area contributed by atoms with Crippen LogP contribution in [0.1, 0.15) is 18.7 Å². The van der Waals surface area contributed by atoms with Gasteiger partial charge in [-0.1, -0.05) is 0 Å². The third-order valence-corrected chi connectivity index (χ3v) is 2.43. The molecule has 0 aromatic carbocycles. The predicted octanol–water partition coefficient (Wildman–Crippen LogP) is 0.476. The molecule has 1 amide bonds. The molecule has 15 heavy (non-hydrogen) atoms. The van der Waals surface area contributed by atoms with Crippen LogP contribution in [0.25, 0.3) is 0 Å². The van der Waals surface area contributed by atoms with Gasteiger partial charge in [0.2, 0.25) is 5.91 Å². The normalized spacial score (nSPS) is 20.2. The number of nitrogens with zero attached hydrogens (tertiary/aromatic N) is 2. The summed E-state index contributed by atoms with van der Waals surface area (Å²) in [6, 6.07) is -0.0636. The maximum absolute atomic E-state index is 11.7. The molecule has 1 aromatic rings. The zero-order valence-electron chi connectivity index (χ0n) is 8.66. The molecule has 2 N–H and O–H groups in total. The summed E-state index contributed by atoms with van der Waals surface area (Å²) in [5.74, 6) is 0.701. The number of nitrogens with one attached hydrogen (secondary N) is 2. The lowest BCUT2D eigenvalue weighted by molar-refractivity contribution is -0.117. The van der Waals surface area contributed by atoms with Gasteiger partial charge in [-0.05, 0) is 26.3 Å². The van der Waals surface area contributed by atoms with Gasteiger partial charge in [0.1, 0.15) is 5.82 Å². The Kier molecular flexibility index (Phi) is 2.91. The van der Waals surface area contributed by atoms with Crippen molar-refractivity contribution in [2.75, 3.05) is 11.9 Å². The summed E-state index contributed by atoms with van der Waals surface area (Å²) in [5, 5.41) is 5.92. The van der Waals surface area contributed by atoms with Crippen molar-refractivity contribution in [3.8, 4) is 0 Å². The van der Waals surface area contributed by atoms with Crippen LogP contribution in [0.2, 0.25) is 0 Å². The Morgan fingerprint density at radius 1 is 1.53 bits per heavy atom. The fourth-order valence-corrected chi connectivity index (χ4v) is 1.59. The van der Waals surface area contributed by atoms with Crippen molar-refractivity contribution in [1.82, 2.24) is 15.3 Å². The first-order valence-corrected chi connectivity index (χ1v) is 5.08. The average molecular weight is 206 g/mol. The third kappa shape index (κ3) is 2.50. The number of hydrogen-bond acceptors (Lipinski definition) is 4. The first kappa shape index (κ1) is 10.0. The Balaban J connectivity index is 1.96. The van der Waals surface area contributed by atoms with Crippen LogP contribution in [0, 0.1) is 6.92 Å². The lowest BCUT2D eigenvalue weighted by atomic mass is 10.2. The highest BCUT2D eigenvalue weighted by Crippen LogP contribution is 2.09. The Labute approximate surface area is 88.3 Å². The van der Waals surface area contributed by atoms with E-state index in [4.69, 9.17) is 0 Å². The van der Waals surface area contributed by atoms with Crippen LogP contribution >= 0.6 is 0 Å². The molecule has 2 rings (SSSR count). The van der Waals surface area contributed by atoms with Gasteiger partial charge in [0, 0.05) is 0 Å². The average Bonchev–Trinajstić information content (AvgIpc) is 2.74. The molecule has 5 heteroatoms. The predicted molar refractivity (Wildman–Crippen MR) is 56.4 cm³/mol. The Morgan fingerprint density at radius 2 is 2.27 bits per heavy atom. The lowest BCUT2D eigenvalue weighted by Gasteiger charge is -2.10. The lowest BCUT2D eigenvalue weighted by Crippen LogP contribution is -2.35. The van der Waals surface area contributed by atoms with E-state index in [-0.39, 0.29) is 11.9 Å².